The van der Waals surface area contributed by atoms with Gasteiger partial charge in [0, 0.05) is 36.7 Å². The summed E-state index contributed by atoms with van der Waals surface area (Å²) in [4.78, 5) is 14.8. The van der Waals surface area contributed by atoms with Crippen molar-refractivity contribution in [3.63, 3.8) is 0 Å². The van der Waals surface area contributed by atoms with Crippen molar-refractivity contribution < 1.29 is 9.15 Å². The molecule has 0 spiro atoms. The fourth-order valence-electron chi connectivity index (χ4n) is 3.19. The third-order valence-electron chi connectivity index (χ3n) is 4.50. The molecule has 3 rings (SSSR count). The number of nitrogens with zero attached hydrogens (tertiary/aromatic N) is 1. The van der Waals surface area contributed by atoms with E-state index in [0.717, 1.165) is 37.1 Å². The fourth-order valence-corrected chi connectivity index (χ4v) is 3.53. The van der Waals surface area contributed by atoms with Crippen LogP contribution in [-0.2, 0) is 4.74 Å². The lowest BCUT2D eigenvalue weighted by Gasteiger charge is -2.31. The second-order valence-electron chi connectivity index (χ2n) is 6.22. The topological polar surface area (TPSA) is 42.7 Å². The quantitative estimate of drug-likeness (QED) is 0.750. The van der Waals surface area contributed by atoms with E-state index in [9.17, 15) is 4.79 Å². The molecule has 1 aromatic carbocycles. The van der Waals surface area contributed by atoms with Crippen molar-refractivity contribution in [1.29, 1.82) is 0 Å². The van der Waals surface area contributed by atoms with E-state index in [1.54, 1.807) is 13.2 Å². The number of aryl methyl sites for hydroxylation is 1. The van der Waals surface area contributed by atoms with Gasteiger partial charge >= 0.3 is 0 Å². The number of hydrogen-bond acceptors (Lipinski definition) is 4. The van der Waals surface area contributed by atoms with Crippen LogP contribution in [0.2, 0.25) is 0 Å². The lowest BCUT2D eigenvalue weighted by molar-refractivity contribution is 0.0812. The molecule has 0 saturated carbocycles. The predicted molar refractivity (Wildman–Crippen MR) is 96.8 cm³/mol. The Kier molecular flexibility index (Phi) is 4.78. The summed E-state index contributed by atoms with van der Waals surface area (Å²) in [5, 5.41) is 0.654. The molecule has 23 heavy (non-hydrogen) atoms. The van der Waals surface area contributed by atoms with Gasteiger partial charge in [0.05, 0.1) is 11.5 Å². The van der Waals surface area contributed by atoms with Gasteiger partial charge in [0.25, 0.3) is 0 Å². The number of rotatable bonds is 3. The van der Waals surface area contributed by atoms with Gasteiger partial charge in [-0.3, -0.25) is 4.79 Å². The van der Waals surface area contributed by atoms with E-state index < -0.39 is 0 Å². The minimum absolute atomic E-state index is 0.0215. The number of halogens is 1. The molecule has 1 unspecified atom stereocenters. The van der Waals surface area contributed by atoms with Crippen LogP contribution in [0.5, 0.6) is 0 Å². The Bertz CT molecular complexity index is 761. The van der Waals surface area contributed by atoms with Gasteiger partial charge in [0.2, 0.25) is 0 Å². The minimum Gasteiger partial charge on any atom is -0.440 e. The number of anilines is 1. The number of benzene rings is 1. The van der Waals surface area contributed by atoms with Crippen molar-refractivity contribution in [2.45, 2.75) is 37.6 Å². The van der Waals surface area contributed by atoms with Crippen LogP contribution in [-0.4, -0.2) is 26.3 Å². The van der Waals surface area contributed by atoms with Crippen molar-refractivity contribution in [2.24, 2.45) is 0 Å². The summed E-state index contributed by atoms with van der Waals surface area (Å²) in [6, 6.07) is 5.60. The molecule has 1 aliphatic heterocycles. The highest BCUT2D eigenvalue weighted by molar-refractivity contribution is 9.09. The summed E-state index contributed by atoms with van der Waals surface area (Å²) in [5.74, 6) is 0.662. The van der Waals surface area contributed by atoms with E-state index in [4.69, 9.17) is 9.15 Å². The van der Waals surface area contributed by atoms with E-state index in [2.05, 4.69) is 26.9 Å². The number of hydrogen-bond donors (Lipinski definition) is 0. The predicted octanol–water partition coefficient (Wildman–Crippen LogP) is 4.17. The summed E-state index contributed by atoms with van der Waals surface area (Å²) in [6.07, 6.45) is 2.21. The molecule has 1 aliphatic rings. The van der Waals surface area contributed by atoms with Crippen LogP contribution in [0.3, 0.4) is 0 Å². The van der Waals surface area contributed by atoms with Crippen molar-refractivity contribution in [3.05, 3.63) is 39.5 Å². The summed E-state index contributed by atoms with van der Waals surface area (Å²) in [6.45, 7) is 5.74. The second kappa shape index (κ2) is 6.65. The van der Waals surface area contributed by atoms with Gasteiger partial charge in [-0.2, -0.15) is 0 Å². The number of ether oxygens (including phenoxy) is 1. The van der Waals surface area contributed by atoms with Crippen molar-refractivity contribution in [3.8, 4) is 0 Å². The molecular weight excluding hydrogens is 358 g/mol. The molecule has 1 fully saturated rings. The second-order valence-corrected chi connectivity index (χ2v) is 7.59. The Morgan fingerprint density at radius 2 is 2.00 bits per heavy atom. The largest absolute Gasteiger partial charge is 0.440 e. The minimum atomic E-state index is 0.0215. The molecule has 1 saturated heterocycles. The molecule has 5 heteroatoms. The first kappa shape index (κ1) is 16.5. The highest BCUT2D eigenvalue weighted by Gasteiger charge is 2.22. The third kappa shape index (κ3) is 3.31. The number of methoxy groups -OCH3 is 1. The zero-order valence-electron chi connectivity index (χ0n) is 13.8. The van der Waals surface area contributed by atoms with Crippen LogP contribution in [0, 0.1) is 6.92 Å². The lowest BCUT2D eigenvalue weighted by atomic mass is 10.0. The average molecular weight is 380 g/mol. The maximum Gasteiger partial charge on any atom is 0.200 e. The molecule has 0 N–H and O–H groups in total. The highest BCUT2D eigenvalue weighted by atomic mass is 79.9. The fraction of sp³-hybridized carbons (Fsp3) is 0.500. The SMILES string of the molecule is COC1CCN(c2cc(=O)c3cc(C)cc(C(C)Br)c3o2)CC1. The number of alkyl halides is 1. The van der Waals surface area contributed by atoms with Crippen LogP contribution in [0.4, 0.5) is 5.88 Å². The first-order valence-corrected chi connectivity index (χ1v) is 8.91. The van der Waals surface area contributed by atoms with Crippen LogP contribution < -0.4 is 10.3 Å². The maximum absolute atomic E-state index is 12.6. The van der Waals surface area contributed by atoms with Gasteiger partial charge in [-0.15, -0.1) is 0 Å². The zero-order chi connectivity index (χ0) is 16.6. The summed E-state index contributed by atoms with van der Waals surface area (Å²) < 4.78 is 11.6. The van der Waals surface area contributed by atoms with E-state index in [1.807, 2.05) is 19.9 Å². The van der Waals surface area contributed by atoms with Gasteiger partial charge in [-0.05, 0) is 38.3 Å². The Hall–Kier alpha value is -1.33. The van der Waals surface area contributed by atoms with Gasteiger partial charge in [0.15, 0.2) is 11.3 Å². The highest BCUT2D eigenvalue weighted by Crippen LogP contribution is 2.32. The number of piperidine rings is 1. The normalized spacial score (nSPS) is 17.7. The molecule has 2 aromatic rings. The Morgan fingerprint density at radius 1 is 1.30 bits per heavy atom. The van der Waals surface area contributed by atoms with Gasteiger partial charge < -0.3 is 14.1 Å². The van der Waals surface area contributed by atoms with Crippen LogP contribution in [0.1, 0.15) is 35.7 Å². The molecule has 1 aromatic heterocycles. The van der Waals surface area contributed by atoms with Gasteiger partial charge in [-0.1, -0.05) is 22.0 Å². The molecule has 0 aliphatic carbocycles. The first-order chi connectivity index (χ1) is 11.0. The zero-order valence-corrected chi connectivity index (χ0v) is 15.4. The third-order valence-corrected chi connectivity index (χ3v) is 5.00. The monoisotopic (exact) mass is 379 g/mol. The van der Waals surface area contributed by atoms with Gasteiger partial charge in [0.1, 0.15) is 5.58 Å². The summed E-state index contributed by atoms with van der Waals surface area (Å²) in [7, 11) is 1.75. The first-order valence-electron chi connectivity index (χ1n) is 8.00. The molecule has 4 nitrogen and oxygen atoms in total. The molecule has 1 atom stereocenters. The van der Waals surface area contributed by atoms with Gasteiger partial charge in [-0.25, -0.2) is 0 Å². The van der Waals surface area contributed by atoms with Crippen molar-refractivity contribution in [1.82, 2.24) is 0 Å². The molecule has 0 radical (unpaired) electrons. The Morgan fingerprint density at radius 3 is 2.61 bits per heavy atom. The van der Waals surface area contributed by atoms with Crippen molar-refractivity contribution >= 4 is 32.8 Å². The molecule has 0 bridgehead atoms. The molecular formula is C18H22BrNO3. The molecule has 2 heterocycles. The summed E-state index contributed by atoms with van der Waals surface area (Å²) in [5.41, 5.74) is 2.80. The number of fused-ring (bicyclic) bond motifs is 1. The Balaban J connectivity index is 2.05. The van der Waals surface area contributed by atoms with E-state index in [-0.39, 0.29) is 10.3 Å². The van der Waals surface area contributed by atoms with Crippen molar-refractivity contribution in [2.75, 3.05) is 25.1 Å². The smallest absolute Gasteiger partial charge is 0.200 e. The Labute approximate surface area is 144 Å². The average Bonchev–Trinajstić information content (AvgIpc) is 2.54. The lowest BCUT2D eigenvalue weighted by Crippen LogP contribution is -2.37. The van der Waals surface area contributed by atoms with Crippen LogP contribution in [0.15, 0.2) is 27.4 Å². The maximum atomic E-state index is 12.6. The molecule has 0 amide bonds. The van der Waals surface area contributed by atoms with Crippen LogP contribution in [0.25, 0.3) is 11.0 Å². The molecule has 124 valence electrons. The van der Waals surface area contributed by atoms with Crippen LogP contribution >= 0.6 is 15.9 Å². The van der Waals surface area contributed by atoms with E-state index in [1.165, 1.54) is 0 Å². The van der Waals surface area contributed by atoms with E-state index >= 15 is 0 Å². The standard InChI is InChI=1S/C18H22BrNO3/c1-11-8-14(12(2)19)18-15(9-11)16(21)10-17(23-18)20-6-4-13(22-3)5-7-20/h8-10,12-13H,4-7H2,1-3H3. The van der Waals surface area contributed by atoms with E-state index in [0.29, 0.717) is 23.0 Å². The summed E-state index contributed by atoms with van der Waals surface area (Å²) >= 11 is 3.61.